The Hall–Kier alpha value is -1.66. The fourth-order valence-corrected chi connectivity index (χ4v) is 2.59. The van der Waals surface area contributed by atoms with Gasteiger partial charge in [0.1, 0.15) is 11.8 Å². The van der Waals surface area contributed by atoms with Crippen LogP contribution in [-0.4, -0.2) is 27.3 Å². The molecule has 102 valence electrons. The highest BCUT2D eigenvalue weighted by Gasteiger charge is 2.22. The molecule has 0 bridgehead atoms. The molecular formula is C13H18N4O2. The van der Waals surface area contributed by atoms with E-state index < -0.39 is 0 Å². The van der Waals surface area contributed by atoms with Gasteiger partial charge in [-0.25, -0.2) is 0 Å². The van der Waals surface area contributed by atoms with Crippen molar-refractivity contribution < 1.29 is 4.74 Å². The molecular weight excluding hydrogens is 244 g/mol. The third-order valence-corrected chi connectivity index (χ3v) is 3.64. The van der Waals surface area contributed by atoms with E-state index in [0.717, 1.165) is 36.5 Å². The van der Waals surface area contributed by atoms with Gasteiger partial charge in [-0.05, 0) is 19.4 Å². The van der Waals surface area contributed by atoms with Crippen LogP contribution in [0.5, 0.6) is 0 Å². The number of nitrogens with zero attached hydrogens (tertiary/aromatic N) is 3. The van der Waals surface area contributed by atoms with Gasteiger partial charge in [-0.15, -0.1) is 0 Å². The molecule has 1 saturated heterocycles. The van der Waals surface area contributed by atoms with Gasteiger partial charge in [-0.2, -0.15) is 9.61 Å². The quantitative estimate of drug-likeness (QED) is 0.868. The Kier molecular flexibility index (Phi) is 3.12. The monoisotopic (exact) mass is 262 g/mol. The van der Waals surface area contributed by atoms with Crippen molar-refractivity contribution in [3.05, 3.63) is 33.9 Å². The highest BCUT2D eigenvalue weighted by Crippen LogP contribution is 2.27. The lowest BCUT2D eigenvalue weighted by Crippen LogP contribution is -2.21. The number of aromatic nitrogens is 3. The molecule has 1 atom stereocenters. The van der Waals surface area contributed by atoms with Crippen LogP contribution in [0.4, 0.5) is 0 Å². The molecule has 3 heterocycles. The zero-order valence-corrected chi connectivity index (χ0v) is 11.0. The van der Waals surface area contributed by atoms with Crippen LogP contribution in [0.15, 0.2) is 16.9 Å². The van der Waals surface area contributed by atoms with Crippen LogP contribution in [0.3, 0.4) is 0 Å². The summed E-state index contributed by atoms with van der Waals surface area (Å²) >= 11 is 0. The third-order valence-electron chi connectivity index (χ3n) is 3.64. The number of fused-ring (bicyclic) bond motifs is 1. The lowest BCUT2D eigenvalue weighted by atomic mass is 10.2. The smallest absolute Gasteiger partial charge is 0.274 e. The second kappa shape index (κ2) is 4.79. The van der Waals surface area contributed by atoms with Gasteiger partial charge in [0.05, 0.1) is 5.69 Å². The molecule has 2 N–H and O–H groups in total. The largest absolute Gasteiger partial charge is 0.372 e. The summed E-state index contributed by atoms with van der Waals surface area (Å²) in [6.45, 7) is 1.30. The average molecular weight is 262 g/mol. The summed E-state index contributed by atoms with van der Waals surface area (Å²) in [5, 5.41) is 4.38. The van der Waals surface area contributed by atoms with E-state index in [-0.39, 0.29) is 11.7 Å². The Bertz CT molecular complexity index is 652. The van der Waals surface area contributed by atoms with Gasteiger partial charge in [0.25, 0.3) is 5.56 Å². The van der Waals surface area contributed by atoms with Crippen LogP contribution in [-0.2, 0) is 18.2 Å². The molecule has 2 aromatic heterocycles. The second-order valence-electron chi connectivity index (χ2n) is 4.91. The molecule has 1 aliphatic heterocycles. The normalized spacial score (nSPS) is 19.4. The van der Waals surface area contributed by atoms with Crippen molar-refractivity contribution in [3.8, 4) is 0 Å². The van der Waals surface area contributed by atoms with Gasteiger partial charge >= 0.3 is 0 Å². The van der Waals surface area contributed by atoms with Crippen LogP contribution in [0.2, 0.25) is 0 Å². The molecule has 0 spiro atoms. The van der Waals surface area contributed by atoms with Crippen LogP contribution in [0.25, 0.3) is 5.65 Å². The van der Waals surface area contributed by atoms with Crippen molar-refractivity contribution in [2.24, 2.45) is 12.8 Å². The van der Waals surface area contributed by atoms with E-state index >= 15 is 0 Å². The Morgan fingerprint density at radius 2 is 2.37 bits per heavy atom. The molecule has 19 heavy (non-hydrogen) atoms. The predicted octanol–water partition coefficient (Wildman–Crippen LogP) is 0.386. The van der Waals surface area contributed by atoms with E-state index in [0.29, 0.717) is 13.0 Å². The number of ether oxygens (including phenoxy) is 1. The zero-order chi connectivity index (χ0) is 13.4. The molecule has 6 heteroatoms. The predicted molar refractivity (Wildman–Crippen MR) is 71.1 cm³/mol. The first-order valence-corrected chi connectivity index (χ1v) is 6.61. The maximum absolute atomic E-state index is 12.1. The van der Waals surface area contributed by atoms with Gasteiger partial charge in [-0.3, -0.25) is 4.79 Å². The SMILES string of the molecule is Cn1c(CCN)cc(=O)n2nc(C3CCCO3)cc12. The first-order chi connectivity index (χ1) is 9.20. The third kappa shape index (κ3) is 2.06. The maximum atomic E-state index is 12.1. The topological polar surface area (TPSA) is 74.5 Å². The minimum absolute atomic E-state index is 0.0252. The molecule has 6 nitrogen and oxygen atoms in total. The Balaban J connectivity index is 2.13. The molecule has 1 aliphatic rings. The summed E-state index contributed by atoms with van der Waals surface area (Å²) in [7, 11) is 1.93. The van der Waals surface area contributed by atoms with Crippen LogP contribution in [0.1, 0.15) is 30.3 Å². The first-order valence-electron chi connectivity index (χ1n) is 6.61. The zero-order valence-electron chi connectivity index (χ0n) is 11.0. The molecule has 0 amide bonds. The molecule has 0 aliphatic carbocycles. The van der Waals surface area contributed by atoms with Gasteiger partial charge in [0.2, 0.25) is 0 Å². The fraction of sp³-hybridized carbons (Fsp3) is 0.538. The van der Waals surface area contributed by atoms with Gasteiger partial charge < -0.3 is 15.0 Å². The van der Waals surface area contributed by atoms with E-state index in [2.05, 4.69) is 5.10 Å². The average Bonchev–Trinajstić information content (AvgIpc) is 3.04. The van der Waals surface area contributed by atoms with Crippen LogP contribution < -0.4 is 11.3 Å². The van der Waals surface area contributed by atoms with E-state index in [9.17, 15) is 4.79 Å². The minimum atomic E-state index is -0.110. The Labute approximate surface area is 110 Å². The van der Waals surface area contributed by atoms with Crippen molar-refractivity contribution in [2.45, 2.75) is 25.4 Å². The maximum Gasteiger partial charge on any atom is 0.274 e. The summed E-state index contributed by atoms with van der Waals surface area (Å²) in [5.74, 6) is 0. The fourth-order valence-electron chi connectivity index (χ4n) is 2.59. The molecule has 0 radical (unpaired) electrons. The lowest BCUT2D eigenvalue weighted by Gasteiger charge is -2.08. The first kappa shape index (κ1) is 12.4. The van der Waals surface area contributed by atoms with Crippen LogP contribution in [0, 0.1) is 0 Å². The van der Waals surface area contributed by atoms with E-state index in [1.165, 1.54) is 4.52 Å². The second-order valence-corrected chi connectivity index (χ2v) is 4.91. The van der Waals surface area contributed by atoms with Crippen molar-refractivity contribution in [2.75, 3.05) is 13.2 Å². The summed E-state index contributed by atoms with van der Waals surface area (Å²) in [6.07, 6.45) is 2.73. The Morgan fingerprint density at radius 1 is 1.53 bits per heavy atom. The van der Waals surface area contributed by atoms with Crippen molar-refractivity contribution in [3.63, 3.8) is 0 Å². The summed E-state index contributed by atoms with van der Waals surface area (Å²) in [6, 6.07) is 3.55. The minimum Gasteiger partial charge on any atom is -0.372 e. The molecule has 1 unspecified atom stereocenters. The van der Waals surface area contributed by atoms with E-state index in [1.807, 2.05) is 17.7 Å². The number of aryl methyl sites for hydroxylation is 1. The Morgan fingerprint density at radius 3 is 3.05 bits per heavy atom. The molecule has 0 aromatic carbocycles. The molecule has 3 rings (SSSR count). The molecule has 2 aromatic rings. The van der Waals surface area contributed by atoms with Crippen molar-refractivity contribution in [1.29, 1.82) is 0 Å². The highest BCUT2D eigenvalue weighted by molar-refractivity contribution is 5.42. The van der Waals surface area contributed by atoms with Gasteiger partial charge in [0.15, 0.2) is 0 Å². The van der Waals surface area contributed by atoms with Gasteiger partial charge in [-0.1, -0.05) is 0 Å². The molecule has 0 saturated carbocycles. The number of rotatable bonds is 3. The van der Waals surface area contributed by atoms with Crippen molar-refractivity contribution in [1.82, 2.24) is 14.2 Å². The summed E-state index contributed by atoms with van der Waals surface area (Å²) in [5.41, 5.74) is 8.03. The summed E-state index contributed by atoms with van der Waals surface area (Å²) < 4.78 is 9.03. The van der Waals surface area contributed by atoms with Crippen LogP contribution >= 0.6 is 0 Å². The molecule has 1 fully saturated rings. The standard InChI is InChI=1S/C13H18N4O2/c1-16-9(4-5-14)7-13(18)17-12(16)8-10(15-17)11-3-2-6-19-11/h7-8,11H,2-6,14H2,1H3. The summed E-state index contributed by atoms with van der Waals surface area (Å²) in [4.78, 5) is 12.1. The van der Waals surface area contributed by atoms with E-state index in [1.54, 1.807) is 6.07 Å². The van der Waals surface area contributed by atoms with Gasteiger partial charge in [0, 0.05) is 37.9 Å². The van der Waals surface area contributed by atoms with Crippen molar-refractivity contribution >= 4 is 5.65 Å². The number of nitrogens with two attached hydrogens (primary N) is 1. The lowest BCUT2D eigenvalue weighted by molar-refractivity contribution is 0.108. The highest BCUT2D eigenvalue weighted by atomic mass is 16.5. The number of hydrogen-bond donors (Lipinski definition) is 1. The number of hydrogen-bond acceptors (Lipinski definition) is 4. The van der Waals surface area contributed by atoms with E-state index in [4.69, 9.17) is 10.5 Å².